The first kappa shape index (κ1) is 17.7. The predicted octanol–water partition coefficient (Wildman–Crippen LogP) is 3.50. The third kappa shape index (κ3) is 4.11. The number of nitrogens with one attached hydrogen (secondary N) is 3. The van der Waals surface area contributed by atoms with E-state index in [4.69, 9.17) is 4.74 Å². The third-order valence-electron chi connectivity index (χ3n) is 4.06. The fourth-order valence-electron chi connectivity index (χ4n) is 2.40. The first-order chi connectivity index (χ1) is 12.3. The van der Waals surface area contributed by atoms with Gasteiger partial charge in [-0.3, -0.25) is 4.79 Å². The number of ether oxygens (including phenoxy) is 1. The van der Waals surface area contributed by atoms with Crippen LogP contribution in [0.3, 0.4) is 0 Å². The number of rotatable bonds is 3. The zero-order chi connectivity index (χ0) is 18.7. The maximum Gasteiger partial charge on any atom is 0.319 e. The number of amides is 3. The van der Waals surface area contributed by atoms with E-state index in [9.17, 15) is 14.0 Å². The molecular weight excluding hydrogens is 337 g/mol. The van der Waals surface area contributed by atoms with E-state index < -0.39 is 11.4 Å². The van der Waals surface area contributed by atoms with Crippen LogP contribution in [0.25, 0.3) is 0 Å². The van der Waals surface area contributed by atoms with Crippen molar-refractivity contribution in [1.29, 1.82) is 0 Å². The van der Waals surface area contributed by atoms with Crippen LogP contribution in [0, 0.1) is 11.2 Å². The Balaban J connectivity index is 1.62. The number of carbonyl (C=O) groups excluding carboxylic acids is 2. The van der Waals surface area contributed by atoms with Crippen LogP contribution >= 0.6 is 0 Å². The lowest BCUT2D eigenvalue weighted by Crippen LogP contribution is -2.33. The van der Waals surface area contributed by atoms with Crippen molar-refractivity contribution in [3.63, 3.8) is 0 Å². The molecule has 2 aromatic carbocycles. The summed E-state index contributed by atoms with van der Waals surface area (Å²) < 4.78 is 18.6. The molecule has 0 unspecified atom stereocenters. The number of urea groups is 1. The van der Waals surface area contributed by atoms with Gasteiger partial charge in [0.25, 0.3) is 0 Å². The second-order valence-corrected chi connectivity index (χ2v) is 6.77. The summed E-state index contributed by atoms with van der Waals surface area (Å²) in [5.74, 6) is 0.0627. The highest BCUT2D eigenvalue weighted by Gasteiger charge is 2.32. The van der Waals surface area contributed by atoms with Crippen LogP contribution in [0.1, 0.15) is 19.4 Å². The van der Waals surface area contributed by atoms with Crippen LogP contribution in [0.4, 0.5) is 20.6 Å². The van der Waals surface area contributed by atoms with E-state index in [2.05, 4.69) is 16.0 Å². The summed E-state index contributed by atoms with van der Waals surface area (Å²) in [7, 11) is 0. The Morgan fingerprint density at radius 1 is 1.23 bits per heavy atom. The molecule has 1 aliphatic heterocycles. The number of benzene rings is 2. The van der Waals surface area contributed by atoms with E-state index in [1.54, 1.807) is 44.2 Å². The monoisotopic (exact) mass is 357 g/mol. The Morgan fingerprint density at radius 3 is 2.69 bits per heavy atom. The number of hydrogen-bond acceptors (Lipinski definition) is 3. The fraction of sp³-hybridized carbons (Fsp3) is 0.263. The Kier molecular flexibility index (Phi) is 4.79. The van der Waals surface area contributed by atoms with Crippen molar-refractivity contribution in [2.24, 2.45) is 5.41 Å². The maximum atomic E-state index is 12.9. The average Bonchev–Trinajstić information content (AvgIpc) is 2.71. The molecular formula is C19H20FN3O3. The smallest absolute Gasteiger partial charge is 0.319 e. The lowest BCUT2D eigenvalue weighted by molar-refractivity contribution is -0.124. The van der Waals surface area contributed by atoms with E-state index in [0.717, 1.165) is 5.56 Å². The van der Waals surface area contributed by atoms with Gasteiger partial charge in [-0.2, -0.15) is 0 Å². The van der Waals surface area contributed by atoms with Crippen molar-refractivity contribution in [3.8, 4) is 5.75 Å². The van der Waals surface area contributed by atoms with Gasteiger partial charge in [0.1, 0.15) is 18.2 Å². The first-order valence-corrected chi connectivity index (χ1v) is 8.21. The summed E-state index contributed by atoms with van der Waals surface area (Å²) >= 11 is 0. The van der Waals surface area contributed by atoms with Gasteiger partial charge in [0.05, 0.1) is 11.1 Å². The summed E-state index contributed by atoms with van der Waals surface area (Å²) in [6, 6.07) is 10.5. The minimum atomic E-state index is -0.640. The molecule has 6 nitrogen and oxygen atoms in total. The van der Waals surface area contributed by atoms with Crippen molar-refractivity contribution in [1.82, 2.24) is 5.32 Å². The average molecular weight is 357 g/mol. The van der Waals surface area contributed by atoms with Gasteiger partial charge < -0.3 is 20.7 Å². The molecule has 0 aliphatic carbocycles. The van der Waals surface area contributed by atoms with E-state index >= 15 is 0 Å². The molecule has 1 aliphatic rings. The molecule has 0 saturated carbocycles. The minimum Gasteiger partial charge on any atom is -0.490 e. The molecule has 0 atom stereocenters. The summed E-state index contributed by atoms with van der Waals surface area (Å²) in [6.07, 6.45) is 0. The van der Waals surface area contributed by atoms with Gasteiger partial charge in [0.2, 0.25) is 5.91 Å². The number of hydrogen-bond donors (Lipinski definition) is 3. The molecule has 0 aromatic heterocycles. The summed E-state index contributed by atoms with van der Waals surface area (Å²) in [5.41, 5.74) is 1.25. The molecule has 0 bridgehead atoms. The van der Waals surface area contributed by atoms with E-state index in [-0.39, 0.29) is 24.9 Å². The number of halogens is 1. The van der Waals surface area contributed by atoms with Crippen LogP contribution in [0.15, 0.2) is 42.5 Å². The molecule has 0 saturated heterocycles. The summed E-state index contributed by atoms with van der Waals surface area (Å²) in [5, 5.41) is 8.23. The Hall–Kier alpha value is -3.09. The second-order valence-electron chi connectivity index (χ2n) is 6.77. The third-order valence-corrected chi connectivity index (χ3v) is 4.06. The predicted molar refractivity (Wildman–Crippen MR) is 96.6 cm³/mol. The molecule has 1 heterocycles. The molecule has 2 aromatic rings. The number of anilines is 2. The molecule has 136 valence electrons. The van der Waals surface area contributed by atoms with Crippen molar-refractivity contribution in [2.75, 3.05) is 17.2 Å². The van der Waals surface area contributed by atoms with Gasteiger partial charge in [0, 0.05) is 18.3 Å². The maximum absolute atomic E-state index is 12.9. The number of carbonyl (C=O) groups is 2. The molecule has 0 spiro atoms. The Bertz CT molecular complexity index is 834. The largest absolute Gasteiger partial charge is 0.490 e. The van der Waals surface area contributed by atoms with Gasteiger partial charge in [-0.15, -0.1) is 0 Å². The zero-order valence-electron chi connectivity index (χ0n) is 14.6. The van der Waals surface area contributed by atoms with Crippen LogP contribution in [-0.4, -0.2) is 18.5 Å². The van der Waals surface area contributed by atoms with Crippen LogP contribution in [0.2, 0.25) is 0 Å². The first-order valence-electron chi connectivity index (χ1n) is 8.21. The highest BCUT2D eigenvalue weighted by atomic mass is 19.1. The van der Waals surface area contributed by atoms with E-state index in [0.29, 0.717) is 17.1 Å². The van der Waals surface area contributed by atoms with Crippen LogP contribution < -0.4 is 20.7 Å². The quantitative estimate of drug-likeness (QED) is 0.786. The van der Waals surface area contributed by atoms with Crippen molar-refractivity contribution in [3.05, 3.63) is 53.8 Å². The van der Waals surface area contributed by atoms with Gasteiger partial charge in [-0.25, -0.2) is 9.18 Å². The van der Waals surface area contributed by atoms with Gasteiger partial charge in [-0.05, 0) is 43.7 Å². The normalized spacial score (nSPS) is 15.1. The molecule has 26 heavy (non-hydrogen) atoms. The molecule has 3 N–H and O–H groups in total. The second kappa shape index (κ2) is 7.03. The molecule has 3 amide bonds. The molecule has 3 rings (SSSR count). The summed E-state index contributed by atoms with van der Waals surface area (Å²) in [4.78, 5) is 24.1. The van der Waals surface area contributed by atoms with Crippen molar-refractivity contribution in [2.45, 2.75) is 20.4 Å². The van der Waals surface area contributed by atoms with Crippen molar-refractivity contribution < 1.29 is 18.7 Å². The van der Waals surface area contributed by atoms with Gasteiger partial charge in [-0.1, -0.05) is 12.1 Å². The fourth-order valence-corrected chi connectivity index (χ4v) is 2.40. The standard InChI is InChI=1S/C19H20FN3O3/c1-19(2)11-26-16-9-14(7-8-15(16)23-17(19)24)22-18(25)21-10-12-3-5-13(20)6-4-12/h3-9H,10-11H2,1-2H3,(H,23,24)(H2,21,22,25). The molecule has 0 radical (unpaired) electrons. The van der Waals surface area contributed by atoms with E-state index in [1.807, 2.05) is 0 Å². The SMILES string of the molecule is CC1(C)COc2cc(NC(=O)NCc3ccc(F)cc3)ccc2NC1=O. The lowest BCUT2D eigenvalue weighted by Gasteiger charge is -2.18. The van der Waals surface area contributed by atoms with Gasteiger partial charge >= 0.3 is 6.03 Å². The van der Waals surface area contributed by atoms with Crippen LogP contribution in [0.5, 0.6) is 5.75 Å². The molecule has 0 fully saturated rings. The van der Waals surface area contributed by atoms with Crippen molar-refractivity contribution >= 4 is 23.3 Å². The molecule has 7 heteroatoms. The Morgan fingerprint density at radius 2 is 1.96 bits per heavy atom. The topological polar surface area (TPSA) is 79.5 Å². The highest BCUT2D eigenvalue weighted by molar-refractivity contribution is 5.97. The van der Waals surface area contributed by atoms with Gasteiger partial charge in [0.15, 0.2) is 0 Å². The lowest BCUT2D eigenvalue weighted by atomic mass is 9.94. The minimum absolute atomic E-state index is 0.117. The zero-order valence-corrected chi connectivity index (χ0v) is 14.6. The van der Waals surface area contributed by atoms with Crippen LogP contribution in [-0.2, 0) is 11.3 Å². The Labute approximate surface area is 150 Å². The summed E-state index contributed by atoms with van der Waals surface area (Å²) in [6.45, 7) is 4.12. The number of fused-ring (bicyclic) bond motifs is 1. The highest BCUT2D eigenvalue weighted by Crippen LogP contribution is 2.34. The van der Waals surface area contributed by atoms with E-state index in [1.165, 1.54) is 12.1 Å².